The third-order valence-electron chi connectivity index (χ3n) is 5.17. The molecule has 7 heteroatoms. The number of hydrogen-bond acceptors (Lipinski definition) is 6. The lowest BCUT2D eigenvalue weighted by molar-refractivity contribution is 0.286. The monoisotopic (exact) mass is 448 g/mol. The van der Waals surface area contributed by atoms with E-state index in [1.807, 2.05) is 91.0 Å². The number of benzene rings is 3. The van der Waals surface area contributed by atoms with Crippen LogP contribution >= 0.6 is 7.60 Å². The van der Waals surface area contributed by atoms with Gasteiger partial charge in [-0.1, -0.05) is 91.0 Å². The zero-order valence-electron chi connectivity index (χ0n) is 18.0. The van der Waals surface area contributed by atoms with E-state index in [1.165, 1.54) is 14.2 Å². The maximum absolute atomic E-state index is 13.3. The number of oxazole rings is 1. The molecular weight excluding hydrogens is 423 g/mol. The minimum absolute atomic E-state index is 0.130. The Balaban J connectivity index is 1.80. The number of rotatable bonds is 9. The molecule has 0 fully saturated rings. The Morgan fingerprint density at radius 3 is 1.84 bits per heavy atom. The summed E-state index contributed by atoms with van der Waals surface area (Å²) in [6, 6.07) is 29.7. The number of nitrogens with one attached hydrogen (secondary N) is 1. The smallest absolute Gasteiger partial charge is 0.384 e. The first-order chi connectivity index (χ1) is 15.6. The van der Waals surface area contributed by atoms with Crippen molar-refractivity contribution in [3.05, 3.63) is 114 Å². The third-order valence-corrected chi connectivity index (χ3v) is 6.96. The summed E-state index contributed by atoms with van der Waals surface area (Å²) < 4.78 is 30.0. The van der Waals surface area contributed by atoms with Gasteiger partial charge < -0.3 is 18.8 Å². The van der Waals surface area contributed by atoms with Crippen molar-refractivity contribution in [1.82, 2.24) is 4.98 Å². The molecule has 4 rings (SSSR count). The van der Waals surface area contributed by atoms with Crippen molar-refractivity contribution in [2.75, 3.05) is 19.5 Å². The van der Waals surface area contributed by atoms with Crippen LogP contribution in [0.1, 0.15) is 28.5 Å². The van der Waals surface area contributed by atoms with Gasteiger partial charge in [-0.25, -0.2) is 4.98 Å². The van der Waals surface area contributed by atoms with E-state index < -0.39 is 7.60 Å². The van der Waals surface area contributed by atoms with Gasteiger partial charge in [-0.3, -0.25) is 4.57 Å². The summed E-state index contributed by atoms with van der Waals surface area (Å²) in [7, 11) is -0.984. The molecule has 6 nitrogen and oxygen atoms in total. The Bertz CT molecular complexity index is 1130. The van der Waals surface area contributed by atoms with Crippen LogP contribution in [-0.2, 0) is 20.2 Å². The normalized spacial score (nSPS) is 11.6. The Kier molecular flexibility index (Phi) is 6.86. The SMILES string of the molecule is COP(=O)(OC)c1nc(C(c2ccccc2)c2ccccc2)oc1NCc1ccccc1. The maximum Gasteiger partial charge on any atom is 0.384 e. The summed E-state index contributed by atoms with van der Waals surface area (Å²) >= 11 is 0. The fraction of sp³-hybridized carbons (Fsp3) is 0.160. The average Bonchev–Trinajstić information content (AvgIpc) is 3.29. The second-order valence-corrected chi connectivity index (χ2v) is 9.31. The highest BCUT2D eigenvalue weighted by Crippen LogP contribution is 2.48. The third kappa shape index (κ3) is 4.68. The van der Waals surface area contributed by atoms with Crippen molar-refractivity contribution in [3.63, 3.8) is 0 Å². The van der Waals surface area contributed by atoms with Gasteiger partial charge in [0.1, 0.15) is 0 Å². The van der Waals surface area contributed by atoms with Gasteiger partial charge in [-0.2, -0.15) is 0 Å². The lowest BCUT2D eigenvalue weighted by Crippen LogP contribution is -2.15. The first kappa shape index (κ1) is 22.0. The first-order valence-electron chi connectivity index (χ1n) is 10.2. The van der Waals surface area contributed by atoms with E-state index >= 15 is 0 Å². The summed E-state index contributed by atoms with van der Waals surface area (Å²) in [4.78, 5) is 4.65. The van der Waals surface area contributed by atoms with Crippen LogP contribution in [-0.4, -0.2) is 19.2 Å². The van der Waals surface area contributed by atoms with Crippen molar-refractivity contribution in [2.24, 2.45) is 0 Å². The summed E-state index contributed by atoms with van der Waals surface area (Å²) in [5, 5.41) is 3.22. The predicted molar refractivity (Wildman–Crippen MR) is 125 cm³/mol. The van der Waals surface area contributed by atoms with Gasteiger partial charge in [0.15, 0.2) is 0 Å². The minimum Gasteiger partial charge on any atom is -0.423 e. The molecule has 0 bridgehead atoms. The highest BCUT2D eigenvalue weighted by molar-refractivity contribution is 7.62. The molecule has 0 radical (unpaired) electrons. The van der Waals surface area contributed by atoms with Crippen LogP contribution in [0.15, 0.2) is 95.4 Å². The second-order valence-electron chi connectivity index (χ2n) is 7.16. The highest BCUT2D eigenvalue weighted by atomic mass is 31.2. The van der Waals surface area contributed by atoms with Crippen molar-refractivity contribution in [3.8, 4) is 0 Å². The fourth-order valence-electron chi connectivity index (χ4n) is 3.55. The van der Waals surface area contributed by atoms with E-state index in [2.05, 4.69) is 10.3 Å². The number of anilines is 1. The van der Waals surface area contributed by atoms with Crippen LogP contribution in [0.5, 0.6) is 0 Å². The molecule has 0 amide bonds. The van der Waals surface area contributed by atoms with Crippen molar-refractivity contribution >= 4 is 18.9 Å². The molecule has 1 N–H and O–H groups in total. The van der Waals surface area contributed by atoms with E-state index in [-0.39, 0.29) is 17.2 Å². The van der Waals surface area contributed by atoms with E-state index in [0.29, 0.717) is 12.4 Å². The van der Waals surface area contributed by atoms with Crippen LogP contribution < -0.4 is 10.8 Å². The molecule has 32 heavy (non-hydrogen) atoms. The van der Waals surface area contributed by atoms with E-state index in [9.17, 15) is 4.57 Å². The van der Waals surface area contributed by atoms with Gasteiger partial charge in [-0.15, -0.1) is 0 Å². The average molecular weight is 448 g/mol. The van der Waals surface area contributed by atoms with Gasteiger partial charge in [0, 0.05) is 20.8 Å². The lowest BCUT2D eigenvalue weighted by atomic mass is 9.91. The zero-order valence-corrected chi connectivity index (χ0v) is 18.9. The molecule has 1 heterocycles. The van der Waals surface area contributed by atoms with E-state index in [0.717, 1.165) is 16.7 Å². The summed E-state index contributed by atoms with van der Waals surface area (Å²) in [6.07, 6.45) is 0. The maximum atomic E-state index is 13.3. The molecule has 3 aromatic carbocycles. The zero-order chi connectivity index (χ0) is 22.4. The Hall–Kier alpha value is -3.18. The molecule has 0 saturated carbocycles. The largest absolute Gasteiger partial charge is 0.423 e. The van der Waals surface area contributed by atoms with Crippen molar-refractivity contribution in [1.29, 1.82) is 0 Å². The van der Waals surface area contributed by atoms with Crippen LogP contribution in [0.3, 0.4) is 0 Å². The quantitative estimate of drug-likeness (QED) is 0.337. The van der Waals surface area contributed by atoms with Gasteiger partial charge in [0.25, 0.3) is 0 Å². The van der Waals surface area contributed by atoms with E-state index in [4.69, 9.17) is 13.5 Å². The molecule has 0 aliphatic heterocycles. The number of hydrogen-bond donors (Lipinski definition) is 1. The Labute approximate surface area is 187 Å². The van der Waals surface area contributed by atoms with Gasteiger partial charge in [0.05, 0.1) is 5.92 Å². The van der Waals surface area contributed by atoms with Gasteiger partial charge >= 0.3 is 7.60 Å². The van der Waals surface area contributed by atoms with Crippen LogP contribution in [0, 0.1) is 0 Å². The summed E-state index contributed by atoms with van der Waals surface area (Å²) in [5.74, 6) is 0.389. The van der Waals surface area contributed by atoms with Crippen LogP contribution in [0.4, 0.5) is 5.88 Å². The van der Waals surface area contributed by atoms with Crippen molar-refractivity contribution in [2.45, 2.75) is 12.5 Å². The summed E-state index contributed by atoms with van der Waals surface area (Å²) in [5.41, 5.74) is 3.19. The van der Waals surface area contributed by atoms with Gasteiger partial charge in [-0.05, 0) is 16.7 Å². The van der Waals surface area contributed by atoms with E-state index in [1.54, 1.807) is 0 Å². The fourth-order valence-corrected chi connectivity index (χ4v) is 4.64. The predicted octanol–water partition coefficient (Wildman–Crippen LogP) is 5.58. The Morgan fingerprint density at radius 2 is 1.34 bits per heavy atom. The Morgan fingerprint density at radius 1 is 0.844 bits per heavy atom. The lowest BCUT2D eigenvalue weighted by Gasteiger charge is -2.14. The number of nitrogens with zero attached hydrogens (tertiary/aromatic N) is 1. The minimum atomic E-state index is -3.66. The number of aromatic nitrogens is 1. The highest BCUT2D eigenvalue weighted by Gasteiger charge is 2.36. The standard InChI is InChI=1S/C25H25N2O4P/c1-29-32(28,30-2)25-24(26-18-19-12-6-3-7-13-19)31-23(27-25)22(20-14-8-4-9-15-20)21-16-10-5-11-17-21/h3-17,22,26H,18H2,1-2H3. The molecule has 164 valence electrons. The molecule has 0 atom stereocenters. The molecular formula is C25H25N2O4P. The molecule has 0 unspecified atom stereocenters. The molecule has 4 aromatic rings. The first-order valence-corrected chi connectivity index (χ1v) is 11.8. The molecule has 0 spiro atoms. The van der Waals surface area contributed by atoms with Crippen molar-refractivity contribution < 1.29 is 18.0 Å². The van der Waals surface area contributed by atoms with Crippen LogP contribution in [0.25, 0.3) is 0 Å². The van der Waals surface area contributed by atoms with Crippen LogP contribution in [0.2, 0.25) is 0 Å². The molecule has 0 aliphatic rings. The molecule has 1 aromatic heterocycles. The molecule has 0 aliphatic carbocycles. The molecule has 0 saturated heterocycles. The topological polar surface area (TPSA) is 73.6 Å². The second kappa shape index (κ2) is 9.96. The summed E-state index contributed by atoms with van der Waals surface area (Å²) in [6.45, 7) is 0.469. The van der Waals surface area contributed by atoms with Gasteiger partial charge in [0.2, 0.25) is 17.2 Å².